The Hall–Kier alpha value is -1.58. The summed E-state index contributed by atoms with van der Waals surface area (Å²) in [4.78, 5) is 11.9. The first kappa shape index (κ1) is 14.8. The van der Waals surface area contributed by atoms with Crippen molar-refractivity contribution in [1.82, 2.24) is 0 Å². The van der Waals surface area contributed by atoms with Gasteiger partial charge in [0.15, 0.2) is 5.78 Å². The Morgan fingerprint density at radius 1 is 1.20 bits per heavy atom. The van der Waals surface area contributed by atoms with Crippen LogP contribution < -0.4 is 5.32 Å². The number of nitrogens with one attached hydrogen (secondary N) is 1. The summed E-state index contributed by atoms with van der Waals surface area (Å²) in [5.74, 6) is -0.0448. The van der Waals surface area contributed by atoms with Crippen LogP contribution in [-0.2, 0) is 0 Å². The third-order valence-corrected chi connectivity index (χ3v) is 3.55. The lowest BCUT2D eigenvalue weighted by Crippen LogP contribution is -1.96. The number of hydrogen-bond acceptors (Lipinski definition) is 2. The lowest BCUT2D eigenvalue weighted by atomic mass is 10.1. The molecule has 0 saturated carbocycles. The van der Waals surface area contributed by atoms with Gasteiger partial charge in [0, 0.05) is 33.0 Å². The van der Waals surface area contributed by atoms with Gasteiger partial charge in [-0.05, 0) is 55.0 Å². The molecule has 102 valence electrons. The Bertz CT molecular complexity index is 650. The number of ketones is 1. The van der Waals surface area contributed by atoms with Gasteiger partial charge in [-0.15, -0.1) is 0 Å². The molecule has 0 radical (unpaired) electrons. The zero-order valence-electron chi connectivity index (χ0n) is 10.9. The second kappa shape index (κ2) is 6.73. The first-order valence-electron chi connectivity index (χ1n) is 6.05. The van der Waals surface area contributed by atoms with Gasteiger partial charge in [0.2, 0.25) is 0 Å². The summed E-state index contributed by atoms with van der Waals surface area (Å²) >= 11 is 9.23. The number of carbonyl (C=O) groups excluding carboxylic acids is 1. The van der Waals surface area contributed by atoms with Crippen LogP contribution in [0.3, 0.4) is 0 Å². The third-order valence-electron chi connectivity index (χ3n) is 2.79. The third kappa shape index (κ3) is 3.95. The molecule has 0 aliphatic rings. The van der Waals surface area contributed by atoms with Gasteiger partial charge in [0.25, 0.3) is 0 Å². The van der Waals surface area contributed by atoms with E-state index in [0.717, 1.165) is 15.7 Å². The minimum absolute atomic E-state index is 0.0448. The average Bonchev–Trinajstić information content (AvgIpc) is 2.42. The molecule has 0 aliphatic carbocycles. The van der Waals surface area contributed by atoms with Crippen molar-refractivity contribution in [2.45, 2.75) is 6.92 Å². The van der Waals surface area contributed by atoms with Gasteiger partial charge in [0.05, 0.1) is 0 Å². The molecule has 1 N–H and O–H groups in total. The van der Waals surface area contributed by atoms with E-state index in [9.17, 15) is 4.79 Å². The maximum absolute atomic E-state index is 11.9. The molecule has 2 aromatic rings. The van der Waals surface area contributed by atoms with Crippen LogP contribution in [0.1, 0.15) is 15.9 Å². The van der Waals surface area contributed by atoms with Crippen LogP contribution in [0.2, 0.25) is 5.02 Å². The molecule has 0 aromatic heterocycles. The van der Waals surface area contributed by atoms with Crippen LogP contribution in [-0.4, -0.2) is 5.78 Å². The molecule has 0 aliphatic heterocycles. The fourth-order valence-corrected chi connectivity index (χ4v) is 2.20. The van der Waals surface area contributed by atoms with Crippen LogP contribution in [0.15, 0.2) is 59.2 Å². The molecule has 0 saturated heterocycles. The van der Waals surface area contributed by atoms with Crippen LogP contribution in [0.5, 0.6) is 0 Å². The Kier molecular flexibility index (Phi) is 4.99. The van der Waals surface area contributed by atoms with Gasteiger partial charge in [-0.3, -0.25) is 4.79 Å². The summed E-state index contributed by atoms with van der Waals surface area (Å²) in [6.45, 7) is 1.96. The highest BCUT2D eigenvalue weighted by molar-refractivity contribution is 9.10. The van der Waals surface area contributed by atoms with Crippen molar-refractivity contribution in [2.75, 3.05) is 5.32 Å². The molecule has 20 heavy (non-hydrogen) atoms. The smallest absolute Gasteiger partial charge is 0.187 e. The van der Waals surface area contributed by atoms with E-state index in [1.165, 1.54) is 6.08 Å². The quantitative estimate of drug-likeness (QED) is 0.605. The van der Waals surface area contributed by atoms with Gasteiger partial charge in [0.1, 0.15) is 0 Å². The highest BCUT2D eigenvalue weighted by Gasteiger charge is 2.01. The molecule has 0 fully saturated rings. The summed E-state index contributed by atoms with van der Waals surface area (Å²) in [6.07, 6.45) is 3.15. The summed E-state index contributed by atoms with van der Waals surface area (Å²) in [7, 11) is 0. The standard InChI is InChI=1S/C16H13BrClNO/c1-11-10-14(18)6-7-15(11)19-9-8-16(20)12-2-4-13(17)5-3-12/h2-10,19H,1H3/b9-8+. The number of hydrogen-bond donors (Lipinski definition) is 1. The SMILES string of the molecule is Cc1cc(Cl)ccc1N/C=C/C(=O)c1ccc(Br)cc1. The number of allylic oxidation sites excluding steroid dienone is 1. The monoisotopic (exact) mass is 349 g/mol. The summed E-state index contributed by atoms with van der Waals surface area (Å²) in [5, 5.41) is 3.78. The first-order chi connectivity index (χ1) is 9.56. The van der Waals surface area contributed by atoms with Crippen molar-refractivity contribution in [1.29, 1.82) is 0 Å². The Labute approximate surface area is 131 Å². The van der Waals surface area contributed by atoms with Crippen molar-refractivity contribution in [3.8, 4) is 0 Å². The molecule has 0 amide bonds. The molecule has 0 atom stereocenters. The van der Waals surface area contributed by atoms with E-state index in [1.807, 2.05) is 31.2 Å². The largest absolute Gasteiger partial charge is 0.361 e. The summed E-state index contributed by atoms with van der Waals surface area (Å²) in [6, 6.07) is 12.8. The summed E-state index contributed by atoms with van der Waals surface area (Å²) in [5.41, 5.74) is 2.60. The average molecular weight is 351 g/mol. The summed E-state index contributed by atoms with van der Waals surface area (Å²) < 4.78 is 0.952. The van der Waals surface area contributed by atoms with Gasteiger partial charge < -0.3 is 5.32 Å². The van der Waals surface area contributed by atoms with E-state index in [1.54, 1.807) is 24.4 Å². The molecule has 0 spiro atoms. The van der Waals surface area contributed by atoms with E-state index in [4.69, 9.17) is 11.6 Å². The maximum Gasteiger partial charge on any atom is 0.187 e. The maximum atomic E-state index is 11.9. The van der Waals surface area contributed by atoms with Crippen LogP contribution in [0.4, 0.5) is 5.69 Å². The number of aryl methyl sites for hydroxylation is 1. The molecule has 2 aromatic carbocycles. The molecular formula is C16H13BrClNO. The number of halogens is 2. The topological polar surface area (TPSA) is 29.1 Å². The molecule has 0 unspecified atom stereocenters. The second-order valence-corrected chi connectivity index (χ2v) is 5.66. The Morgan fingerprint density at radius 3 is 2.55 bits per heavy atom. The van der Waals surface area contributed by atoms with Crippen molar-refractivity contribution in [2.24, 2.45) is 0 Å². The lowest BCUT2D eigenvalue weighted by Gasteiger charge is -2.05. The molecule has 2 rings (SSSR count). The molecule has 4 heteroatoms. The Morgan fingerprint density at radius 2 is 1.90 bits per heavy atom. The number of carbonyl (C=O) groups is 1. The predicted molar refractivity (Wildman–Crippen MR) is 87.4 cm³/mol. The van der Waals surface area contributed by atoms with Crippen molar-refractivity contribution in [3.63, 3.8) is 0 Å². The van der Waals surface area contributed by atoms with Crippen molar-refractivity contribution >= 4 is 39.0 Å². The van der Waals surface area contributed by atoms with Crippen LogP contribution in [0, 0.1) is 6.92 Å². The number of anilines is 1. The van der Waals surface area contributed by atoms with E-state index in [2.05, 4.69) is 21.2 Å². The zero-order chi connectivity index (χ0) is 14.5. The molecular weight excluding hydrogens is 338 g/mol. The number of rotatable bonds is 4. The van der Waals surface area contributed by atoms with Gasteiger partial charge in [-0.25, -0.2) is 0 Å². The fraction of sp³-hybridized carbons (Fsp3) is 0.0625. The molecule has 0 heterocycles. The van der Waals surface area contributed by atoms with E-state index >= 15 is 0 Å². The lowest BCUT2D eigenvalue weighted by molar-refractivity contribution is 0.104. The minimum atomic E-state index is -0.0448. The van der Waals surface area contributed by atoms with E-state index in [-0.39, 0.29) is 5.78 Å². The Balaban J connectivity index is 2.02. The van der Waals surface area contributed by atoms with E-state index in [0.29, 0.717) is 10.6 Å². The van der Waals surface area contributed by atoms with Crippen LogP contribution >= 0.6 is 27.5 Å². The first-order valence-corrected chi connectivity index (χ1v) is 7.22. The normalized spacial score (nSPS) is 10.8. The highest BCUT2D eigenvalue weighted by Crippen LogP contribution is 2.19. The van der Waals surface area contributed by atoms with E-state index < -0.39 is 0 Å². The van der Waals surface area contributed by atoms with Gasteiger partial charge in [-0.2, -0.15) is 0 Å². The van der Waals surface area contributed by atoms with Crippen LogP contribution in [0.25, 0.3) is 0 Å². The predicted octanol–water partition coefficient (Wildman–Crippen LogP) is 5.22. The van der Waals surface area contributed by atoms with Crippen molar-refractivity contribution < 1.29 is 4.79 Å². The molecule has 2 nitrogen and oxygen atoms in total. The minimum Gasteiger partial charge on any atom is -0.361 e. The fourth-order valence-electron chi connectivity index (χ4n) is 1.71. The second-order valence-electron chi connectivity index (χ2n) is 4.31. The zero-order valence-corrected chi connectivity index (χ0v) is 13.2. The van der Waals surface area contributed by atoms with Crippen molar-refractivity contribution in [3.05, 3.63) is 75.4 Å². The number of benzene rings is 2. The molecule has 0 bridgehead atoms. The highest BCUT2D eigenvalue weighted by atomic mass is 79.9. The van der Waals surface area contributed by atoms with Gasteiger partial charge in [-0.1, -0.05) is 27.5 Å². The van der Waals surface area contributed by atoms with Gasteiger partial charge >= 0.3 is 0 Å².